The second-order valence-corrected chi connectivity index (χ2v) is 7.45. The molecule has 0 aliphatic rings. The summed E-state index contributed by atoms with van der Waals surface area (Å²) in [5.74, 6) is 1.89. The van der Waals surface area contributed by atoms with Crippen molar-refractivity contribution in [3.05, 3.63) is 48.0 Å². The van der Waals surface area contributed by atoms with Crippen LogP contribution >= 0.6 is 11.8 Å². The van der Waals surface area contributed by atoms with E-state index in [4.69, 9.17) is 13.9 Å². The van der Waals surface area contributed by atoms with E-state index in [9.17, 15) is 4.79 Å². The highest BCUT2D eigenvalue weighted by atomic mass is 32.2. The molecule has 0 unspecified atom stereocenters. The smallest absolute Gasteiger partial charge is 0.277 e. The minimum absolute atomic E-state index is 0.131. The molecule has 152 valence electrons. The number of benzene rings is 2. The molecule has 1 amide bonds. The highest BCUT2D eigenvalue weighted by molar-refractivity contribution is 7.99. The molecule has 29 heavy (non-hydrogen) atoms. The highest BCUT2D eigenvalue weighted by Crippen LogP contribution is 2.32. The van der Waals surface area contributed by atoms with Gasteiger partial charge in [0.2, 0.25) is 11.8 Å². The summed E-state index contributed by atoms with van der Waals surface area (Å²) in [7, 11) is 3.14. The van der Waals surface area contributed by atoms with Gasteiger partial charge in [-0.25, -0.2) is 0 Å². The van der Waals surface area contributed by atoms with Gasteiger partial charge in [0, 0.05) is 11.3 Å². The first-order chi connectivity index (χ1) is 14.0. The molecule has 7 nitrogen and oxygen atoms in total. The number of methoxy groups -OCH3 is 2. The number of ether oxygens (including phenoxy) is 2. The summed E-state index contributed by atoms with van der Waals surface area (Å²) in [5, 5.41) is 11.3. The number of hydrogen-bond donors (Lipinski definition) is 1. The Morgan fingerprint density at radius 1 is 1.10 bits per heavy atom. The lowest BCUT2D eigenvalue weighted by Gasteiger charge is -2.13. The van der Waals surface area contributed by atoms with Gasteiger partial charge in [-0.15, -0.1) is 10.2 Å². The third-order valence-corrected chi connectivity index (χ3v) is 5.04. The second-order valence-electron chi connectivity index (χ2n) is 6.52. The molecule has 0 saturated carbocycles. The Morgan fingerprint density at radius 3 is 2.59 bits per heavy atom. The fourth-order valence-electron chi connectivity index (χ4n) is 2.78. The molecule has 1 N–H and O–H groups in total. The highest BCUT2D eigenvalue weighted by Gasteiger charge is 2.15. The van der Waals surface area contributed by atoms with Crippen molar-refractivity contribution >= 4 is 23.4 Å². The van der Waals surface area contributed by atoms with Gasteiger partial charge in [0.25, 0.3) is 5.22 Å². The summed E-state index contributed by atoms with van der Waals surface area (Å²) in [4.78, 5) is 12.3. The Bertz CT molecular complexity index is 988. The molecule has 0 atom stereocenters. The van der Waals surface area contributed by atoms with Crippen molar-refractivity contribution in [1.29, 1.82) is 0 Å². The summed E-state index contributed by atoms with van der Waals surface area (Å²) in [6.45, 7) is 4.18. The molecule has 0 bridgehead atoms. The number of rotatable bonds is 8. The zero-order valence-corrected chi connectivity index (χ0v) is 17.6. The summed E-state index contributed by atoms with van der Waals surface area (Å²) in [6, 6.07) is 13.1. The fourth-order valence-corrected chi connectivity index (χ4v) is 3.35. The minimum Gasteiger partial charge on any atom is -0.493 e. The third-order valence-electron chi connectivity index (χ3n) is 4.22. The van der Waals surface area contributed by atoms with Crippen LogP contribution in [0.3, 0.4) is 0 Å². The lowest BCUT2D eigenvalue weighted by atomic mass is 10.0. The number of carbonyl (C=O) groups excluding carboxylic acids is 1. The van der Waals surface area contributed by atoms with E-state index < -0.39 is 0 Å². The standard InChI is InChI=1S/C21H23N3O4S/c1-13(2)15-7-5-6-8-16(15)22-19(25)12-29-21-24-23-20(28-21)14-9-10-17(26-3)18(11-14)27-4/h5-11,13H,12H2,1-4H3,(H,22,25). The number of thioether (sulfide) groups is 1. The van der Waals surface area contributed by atoms with Crippen LogP contribution in [0, 0.1) is 0 Å². The Hall–Kier alpha value is -3.00. The van der Waals surface area contributed by atoms with E-state index in [0.717, 1.165) is 11.3 Å². The molecule has 3 rings (SSSR count). The number of nitrogens with zero attached hydrogens (tertiary/aromatic N) is 2. The zero-order chi connectivity index (χ0) is 20.8. The van der Waals surface area contributed by atoms with Crippen molar-refractivity contribution in [2.24, 2.45) is 0 Å². The Labute approximate surface area is 173 Å². The average Bonchev–Trinajstić information content (AvgIpc) is 3.21. The molecule has 1 heterocycles. The normalized spacial score (nSPS) is 10.8. The van der Waals surface area contributed by atoms with E-state index in [1.807, 2.05) is 24.3 Å². The van der Waals surface area contributed by atoms with Gasteiger partial charge < -0.3 is 19.2 Å². The van der Waals surface area contributed by atoms with Gasteiger partial charge in [0.15, 0.2) is 11.5 Å². The van der Waals surface area contributed by atoms with Crippen LogP contribution in [0.1, 0.15) is 25.3 Å². The van der Waals surface area contributed by atoms with E-state index >= 15 is 0 Å². The molecule has 0 spiro atoms. The molecule has 2 aromatic carbocycles. The van der Waals surface area contributed by atoms with E-state index in [0.29, 0.717) is 34.1 Å². The van der Waals surface area contributed by atoms with Crippen LogP contribution in [-0.2, 0) is 4.79 Å². The number of carbonyl (C=O) groups is 1. The Balaban J connectivity index is 1.63. The molecular formula is C21H23N3O4S. The zero-order valence-electron chi connectivity index (χ0n) is 16.8. The van der Waals surface area contributed by atoms with Crippen LogP contribution in [0.5, 0.6) is 11.5 Å². The molecule has 8 heteroatoms. The van der Waals surface area contributed by atoms with Crippen molar-refractivity contribution in [2.45, 2.75) is 25.0 Å². The Morgan fingerprint density at radius 2 is 1.86 bits per heavy atom. The number of nitrogens with one attached hydrogen (secondary N) is 1. The maximum Gasteiger partial charge on any atom is 0.277 e. The van der Waals surface area contributed by atoms with Crippen LogP contribution in [0.25, 0.3) is 11.5 Å². The lowest BCUT2D eigenvalue weighted by molar-refractivity contribution is -0.113. The van der Waals surface area contributed by atoms with Gasteiger partial charge in [-0.05, 0) is 35.7 Å². The van der Waals surface area contributed by atoms with E-state index in [2.05, 4.69) is 29.4 Å². The van der Waals surface area contributed by atoms with Crippen molar-refractivity contribution in [3.8, 4) is 23.0 Å². The van der Waals surface area contributed by atoms with Crippen LogP contribution in [0.2, 0.25) is 0 Å². The van der Waals surface area contributed by atoms with Gasteiger partial charge in [0.1, 0.15) is 0 Å². The number of amides is 1. The van der Waals surface area contributed by atoms with Crippen molar-refractivity contribution in [1.82, 2.24) is 10.2 Å². The number of hydrogen-bond acceptors (Lipinski definition) is 7. The van der Waals surface area contributed by atoms with Crippen molar-refractivity contribution in [3.63, 3.8) is 0 Å². The molecule has 0 radical (unpaired) electrons. The Kier molecular flexibility index (Phi) is 6.77. The largest absolute Gasteiger partial charge is 0.493 e. The second kappa shape index (κ2) is 9.47. The quantitative estimate of drug-likeness (QED) is 0.540. The molecule has 3 aromatic rings. The minimum atomic E-state index is -0.131. The molecule has 0 aliphatic heterocycles. The summed E-state index contributed by atoms with van der Waals surface area (Å²) in [5.41, 5.74) is 2.63. The summed E-state index contributed by atoms with van der Waals surface area (Å²) >= 11 is 1.19. The van der Waals surface area contributed by atoms with Crippen LogP contribution in [0.15, 0.2) is 52.1 Å². The first-order valence-electron chi connectivity index (χ1n) is 9.09. The molecule has 0 saturated heterocycles. The number of anilines is 1. The SMILES string of the molecule is COc1ccc(-c2nnc(SCC(=O)Nc3ccccc3C(C)C)o2)cc1OC. The summed E-state index contributed by atoms with van der Waals surface area (Å²) < 4.78 is 16.2. The number of aromatic nitrogens is 2. The van der Waals surface area contributed by atoms with Crippen molar-refractivity contribution in [2.75, 3.05) is 25.3 Å². The maximum absolute atomic E-state index is 12.3. The maximum atomic E-state index is 12.3. The van der Waals surface area contributed by atoms with E-state index in [1.165, 1.54) is 11.8 Å². The molecule has 0 aliphatic carbocycles. The van der Waals surface area contributed by atoms with Gasteiger partial charge in [-0.3, -0.25) is 4.79 Å². The first kappa shape index (κ1) is 20.7. The van der Waals surface area contributed by atoms with Crippen LogP contribution < -0.4 is 14.8 Å². The first-order valence-corrected chi connectivity index (χ1v) is 10.1. The van der Waals surface area contributed by atoms with Gasteiger partial charge in [-0.2, -0.15) is 0 Å². The monoisotopic (exact) mass is 413 g/mol. The van der Waals surface area contributed by atoms with Gasteiger partial charge in [0.05, 0.1) is 20.0 Å². The predicted octanol–water partition coefficient (Wildman–Crippen LogP) is 4.61. The number of para-hydroxylation sites is 1. The topological polar surface area (TPSA) is 86.5 Å². The van der Waals surface area contributed by atoms with Gasteiger partial charge >= 0.3 is 0 Å². The van der Waals surface area contributed by atoms with Crippen LogP contribution in [0.4, 0.5) is 5.69 Å². The molecule has 0 fully saturated rings. The predicted molar refractivity (Wildman–Crippen MR) is 113 cm³/mol. The van der Waals surface area contributed by atoms with Crippen molar-refractivity contribution < 1.29 is 18.7 Å². The average molecular weight is 413 g/mol. The third kappa shape index (κ3) is 5.08. The van der Waals surface area contributed by atoms with E-state index in [1.54, 1.807) is 32.4 Å². The van der Waals surface area contributed by atoms with Crippen LogP contribution in [-0.4, -0.2) is 36.1 Å². The molecule has 1 aromatic heterocycles. The fraction of sp³-hybridized carbons (Fsp3) is 0.286. The lowest BCUT2D eigenvalue weighted by Crippen LogP contribution is -2.15. The van der Waals surface area contributed by atoms with Gasteiger partial charge in [-0.1, -0.05) is 43.8 Å². The molecular weight excluding hydrogens is 390 g/mol. The summed E-state index contributed by atoms with van der Waals surface area (Å²) in [6.07, 6.45) is 0. The van der Waals surface area contributed by atoms with E-state index in [-0.39, 0.29) is 11.7 Å².